The van der Waals surface area contributed by atoms with Gasteiger partial charge in [0.1, 0.15) is 11.0 Å². The molecule has 0 amide bonds. The van der Waals surface area contributed by atoms with Crippen LogP contribution in [0.5, 0.6) is 0 Å². The van der Waals surface area contributed by atoms with E-state index in [1.54, 1.807) is 0 Å². The van der Waals surface area contributed by atoms with Gasteiger partial charge in [0.25, 0.3) is 0 Å². The summed E-state index contributed by atoms with van der Waals surface area (Å²) in [4.78, 5) is 3.36. The molecular weight excluding hydrogens is 232 g/mol. The second-order valence-corrected chi connectivity index (χ2v) is 6.44. The molecule has 2 aliphatic heterocycles. The van der Waals surface area contributed by atoms with Gasteiger partial charge >= 0.3 is 0 Å². The average Bonchev–Trinajstić information content (AvgIpc) is 2.38. The molecule has 1 spiro atoms. The van der Waals surface area contributed by atoms with E-state index in [-0.39, 0.29) is 5.41 Å². The van der Waals surface area contributed by atoms with E-state index in [0.717, 1.165) is 37.4 Å². The Morgan fingerprint density at radius 1 is 1.29 bits per heavy atom. The van der Waals surface area contributed by atoms with E-state index in [9.17, 15) is 4.21 Å². The zero-order valence-electron chi connectivity index (χ0n) is 10.1. The molecule has 1 unspecified atom stereocenters. The Morgan fingerprint density at radius 2 is 2.00 bits per heavy atom. The van der Waals surface area contributed by atoms with Crippen LogP contribution in [0.4, 0.5) is 0 Å². The van der Waals surface area contributed by atoms with Crippen LogP contribution in [-0.4, -0.2) is 35.8 Å². The Balaban J connectivity index is 2.03. The molecular formula is C13H18N2OS. The van der Waals surface area contributed by atoms with E-state index in [1.165, 1.54) is 5.56 Å². The van der Waals surface area contributed by atoms with E-state index in [1.807, 2.05) is 12.1 Å². The fraction of sp³-hybridized carbons (Fsp3) is 0.538. The second kappa shape index (κ2) is 4.19. The minimum absolute atomic E-state index is 0.205. The summed E-state index contributed by atoms with van der Waals surface area (Å²) in [6.07, 6.45) is 2.31. The van der Waals surface area contributed by atoms with Crippen LogP contribution in [0.15, 0.2) is 29.2 Å². The normalized spacial score (nSPS) is 27.9. The number of rotatable bonds is 0. The van der Waals surface area contributed by atoms with Gasteiger partial charge in [0.15, 0.2) is 0 Å². The van der Waals surface area contributed by atoms with Gasteiger partial charge < -0.3 is 4.90 Å². The van der Waals surface area contributed by atoms with Gasteiger partial charge in [0.2, 0.25) is 0 Å². The van der Waals surface area contributed by atoms with E-state index in [4.69, 9.17) is 0 Å². The zero-order chi connectivity index (χ0) is 11.9. The molecule has 0 aromatic heterocycles. The quantitative estimate of drug-likeness (QED) is 0.752. The largest absolute Gasteiger partial charge is 0.306 e. The standard InChI is InChI=1S/C13H18N2OS/c1-15-8-6-13(7-9-15)10-14-17(16)12-5-3-2-4-11(12)13/h2-5,14H,6-10H2,1H3. The van der Waals surface area contributed by atoms with Gasteiger partial charge in [-0.15, -0.1) is 0 Å². The molecule has 1 fully saturated rings. The second-order valence-electron chi connectivity index (χ2n) is 5.17. The van der Waals surface area contributed by atoms with Crippen molar-refractivity contribution < 1.29 is 4.21 Å². The van der Waals surface area contributed by atoms with Crippen molar-refractivity contribution in [2.24, 2.45) is 0 Å². The Morgan fingerprint density at radius 3 is 2.76 bits per heavy atom. The van der Waals surface area contributed by atoms with Gasteiger partial charge in [-0.1, -0.05) is 18.2 Å². The summed E-state index contributed by atoms with van der Waals surface area (Å²) < 4.78 is 15.1. The third-order valence-corrected chi connectivity index (χ3v) is 5.31. The summed E-state index contributed by atoms with van der Waals surface area (Å²) in [5.74, 6) is 0. The minimum atomic E-state index is -1.02. The molecule has 1 aromatic carbocycles. The lowest BCUT2D eigenvalue weighted by Gasteiger charge is -2.44. The monoisotopic (exact) mass is 250 g/mol. The number of benzene rings is 1. The van der Waals surface area contributed by atoms with Crippen LogP contribution < -0.4 is 4.72 Å². The van der Waals surface area contributed by atoms with Crippen LogP contribution in [-0.2, 0) is 16.4 Å². The highest BCUT2D eigenvalue weighted by atomic mass is 32.2. The first-order chi connectivity index (χ1) is 8.21. The average molecular weight is 250 g/mol. The lowest BCUT2D eigenvalue weighted by molar-refractivity contribution is 0.184. The maximum absolute atomic E-state index is 12.0. The van der Waals surface area contributed by atoms with Gasteiger partial charge in [-0.3, -0.25) is 0 Å². The lowest BCUT2D eigenvalue weighted by atomic mass is 9.73. The van der Waals surface area contributed by atoms with E-state index >= 15 is 0 Å². The molecule has 0 radical (unpaired) electrons. The number of nitrogens with zero attached hydrogens (tertiary/aromatic N) is 1. The number of fused-ring (bicyclic) bond motifs is 2. The Bertz CT molecular complexity index is 452. The topological polar surface area (TPSA) is 32.3 Å². The first kappa shape index (κ1) is 11.4. The molecule has 1 aromatic rings. The van der Waals surface area contributed by atoms with Gasteiger partial charge in [0, 0.05) is 12.0 Å². The SMILES string of the molecule is CN1CCC2(CC1)CNS(=O)c1ccccc12. The van der Waals surface area contributed by atoms with E-state index in [0.29, 0.717) is 0 Å². The summed E-state index contributed by atoms with van der Waals surface area (Å²) in [5.41, 5.74) is 1.52. The van der Waals surface area contributed by atoms with Crippen LogP contribution in [0.2, 0.25) is 0 Å². The van der Waals surface area contributed by atoms with Crippen molar-refractivity contribution in [3.63, 3.8) is 0 Å². The van der Waals surface area contributed by atoms with E-state index < -0.39 is 11.0 Å². The Hall–Kier alpha value is -0.710. The molecule has 17 heavy (non-hydrogen) atoms. The summed E-state index contributed by atoms with van der Waals surface area (Å²) in [5, 5.41) is 0. The van der Waals surface area contributed by atoms with Crippen molar-refractivity contribution in [1.82, 2.24) is 9.62 Å². The molecule has 3 rings (SSSR count). The van der Waals surface area contributed by atoms with Crippen LogP contribution in [0, 0.1) is 0 Å². The maximum atomic E-state index is 12.0. The molecule has 0 bridgehead atoms. The highest BCUT2D eigenvalue weighted by Crippen LogP contribution is 2.39. The maximum Gasteiger partial charge on any atom is 0.125 e. The van der Waals surface area contributed by atoms with Crippen molar-refractivity contribution >= 4 is 11.0 Å². The third kappa shape index (κ3) is 1.84. The predicted octanol–water partition coefficient (Wildman–Crippen LogP) is 1.28. The third-order valence-electron chi connectivity index (χ3n) is 4.14. The molecule has 2 heterocycles. The van der Waals surface area contributed by atoms with Gasteiger partial charge in [0.05, 0.1) is 4.90 Å². The fourth-order valence-corrected chi connectivity index (χ4v) is 4.19. The Labute approximate surface area is 105 Å². The summed E-state index contributed by atoms with van der Waals surface area (Å²) >= 11 is 0. The number of nitrogens with one attached hydrogen (secondary N) is 1. The summed E-state index contributed by atoms with van der Waals surface area (Å²) in [6.45, 7) is 3.11. The highest BCUT2D eigenvalue weighted by Gasteiger charge is 2.40. The Kier molecular flexibility index (Phi) is 2.81. The van der Waals surface area contributed by atoms with Crippen molar-refractivity contribution in [2.75, 3.05) is 26.7 Å². The zero-order valence-corrected chi connectivity index (χ0v) is 10.9. The van der Waals surface area contributed by atoms with Gasteiger partial charge in [-0.25, -0.2) is 8.93 Å². The summed E-state index contributed by atoms with van der Waals surface area (Å²) in [7, 11) is 1.16. The van der Waals surface area contributed by atoms with Crippen LogP contribution in [0.3, 0.4) is 0 Å². The first-order valence-electron chi connectivity index (χ1n) is 6.15. The van der Waals surface area contributed by atoms with Crippen LogP contribution in [0.25, 0.3) is 0 Å². The summed E-state index contributed by atoms with van der Waals surface area (Å²) in [6, 6.07) is 8.21. The van der Waals surface area contributed by atoms with Crippen molar-refractivity contribution in [1.29, 1.82) is 0 Å². The molecule has 3 nitrogen and oxygen atoms in total. The predicted molar refractivity (Wildman–Crippen MR) is 69.3 cm³/mol. The molecule has 0 aliphatic carbocycles. The smallest absolute Gasteiger partial charge is 0.125 e. The molecule has 1 saturated heterocycles. The van der Waals surface area contributed by atoms with Crippen molar-refractivity contribution in [3.05, 3.63) is 29.8 Å². The minimum Gasteiger partial charge on any atom is -0.306 e. The van der Waals surface area contributed by atoms with Gasteiger partial charge in [-0.05, 0) is 44.6 Å². The van der Waals surface area contributed by atoms with Crippen LogP contribution >= 0.6 is 0 Å². The molecule has 1 atom stereocenters. The lowest BCUT2D eigenvalue weighted by Crippen LogP contribution is -2.50. The molecule has 92 valence electrons. The number of hydrogen-bond acceptors (Lipinski definition) is 2. The fourth-order valence-electron chi connectivity index (χ4n) is 2.94. The van der Waals surface area contributed by atoms with Crippen molar-refractivity contribution in [3.8, 4) is 0 Å². The number of likely N-dealkylation sites (tertiary alicyclic amines) is 1. The number of piperidine rings is 1. The first-order valence-corrected chi connectivity index (χ1v) is 7.30. The van der Waals surface area contributed by atoms with Gasteiger partial charge in [-0.2, -0.15) is 0 Å². The molecule has 2 aliphatic rings. The molecule has 1 N–H and O–H groups in total. The number of hydrogen-bond donors (Lipinski definition) is 1. The molecule has 4 heteroatoms. The van der Waals surface area contributed by atoms with E-state index in [2.05, 4.69) is 28.8 Å². The molecule has 0 saturated carbocycles. The van der Waals surface area contributed by atoms with Crippen molar-refractivity contribution in [2.45, 2.75) is 23.2 Å². The van der Waals surface area contributed by atoms with Crippen LogP contribution in [0.1, 0.15) is 18.4 Å². The highest BCUT2D eigenvalue weighted by molar-refractivity contribution is 7.83.